The van der Waals surface area contributed by atoms with Crippen LogP contribution in [0.4, 0.5) is 5.69 Å². The van der Waals surface area contributed by atoms with Gasteiger partial charge in [0.25, 0.3) is 0 Å². The number of hydrogen-bond donors (Lipinski definition) is 2. The molecule has 2 N–H and O–H groups in total. The summed E-state index contributed by atoms with van der Waals surface area (Å²) in [4.78, 5) is 24.5. The van der Waals surface area contributed by atoms with E-state index in [4.69, 9.17) is 0 Å². The Morgan fingerprint density at radius 2 is 1.56 bits per heavy atom. The molecule has 0 atom stereocenters. The fraction of sp³-hybridized carbons (Fsp3) is 0.636. The van der Waals surface area contributed by atoms with Gasteiger partial charge in [0.05, 0.1) is 12.3 Å². The molecular weight excluding hydrogens is 356 g/mol. The van der Waals surface area contributed by atoms with Crippen molar-refractivity contribution in [1.29, 1.82) is 0 Å². The summed E-state index contributed by atoms with van der Waals surface area (Å²) in [6.45, 7) is 3.99. The second kappa shape index (κ2) is 7.50. The maximum absolute atomic E-state index is 12.3. The third-order valence-corrected chi connectivity index (χ3v) is 8.20. The minimum Gasteiger partial charge on any atom is -0.346 e. The molecule has 0 radical (unpaired) electrons. The molecule has 2 amide bonds. The highest BCUT2D eigenvalue weighted by Gasteiger charge is 2.51. The van der Waals surface area contributed by atoms with Crippen molar-refractivity contribution in [3.63, 3.8) is 0 Å². The van der Waals surface area contributed by atoms with Crippen molar-refractivity contribution in [2.24, 2.45) is 17.8 Å². The molecule has 4 bridgehead atoms. The largest absolute Gasteiger partial charge is 0.346 e. The number of thioether (sulfide) groups is 1. The van der Waals surface area contributed by atoms with Crippen LogP contribution >= 0.6 is 11.8 Å². The Balaban J connectivity index is 1.24. The molecule has 1 aromatic carbocycles. The molecule has 4 aliphatic rings. The first-order chi connectivity index (χ1) is 12.9. The van der Waals surface area contributed by atoms with Crippen LogP contribution < -0.4 is 10.6 Å². The Morgan fingerprint density at radius 3 is 2.11 bits per heavy atom. The van der Waals surface area contributed by atoms with Gasteiger partial charge in [0.2, 0.25) is 11.8 Å². The van der Waals surface area contributed by atoms with Gasteiger partial charge in [0.1, 0.15) is 0 Å². The quantitative estimate of drug-likeness (QED) is 0.775. The van der Waals surface area contributed by atoms with Crippen molar-refractivity contribution >= 4 is 29.3 Å². The lowest BCUT2D eigenvalue weighted by Crippen LogP contribution is -2.49. The molecule has 0 spiro atoms. The molecule has 4 aliphatic carbocycles. The van der Waals surface area contributed by atoms with E-state index in [9.17, 15) is 9.59 Å². The lowest BCUT2D eigenvalue weighted by atomic mass is 9.56. The Bertz CT molecular complexity index is 690. The molecule has 1 aromatic rings. The van der Waals surface area contributed by atoms with Gasteiger partial charge < -0.3 is 10.6 Å². The van der Waals surface area contributed by atoms with E-state index in [0.717, 1.165) is 34.6 Å². The van der Waals surface area contributed by atoms with Gasteiger partial charge in [0.15, 0.2) is 0 Å². The molecular formula is C22H30N2O2S. The molecule has 0 heterocycles. The van der Waals surface area contributed by atoms with Crippen LogP contribution in [0.15, 0.2) is 18.2 Å². The van der Waals surface area contributed by atoms with Gasteiger partial charge in [-0.1, -0.05) is 18.2 Å². The van der Waals surface area contributed by atoms with E-state index in [2.05, 4.69) is 10.6 Å². The van der Waals surface area contributed by atoms with Gasteiger partial charge in [-0.05, 0) is 81.3 Å². The van der Waals surface area contributed by atoms with E-state index < -0.39 is 0 Å². The van der Waals surface area contributed by atoms with Gasteiger partial charge in [-0.25, -0.2) is 0 Å². The normalized spacial score (nSPS) is 31.0. The number of benzene rings is 1. The highest BCUT2D eigenvalue weighted by molar-refractivity contribution is 8.01. The molecule has 0 saturated heterocycles. The first-order valence-electron chi connectivity index (χ1n) is 10.2. The molecule has 27 heavy (non-hydrogen) atoms. The number of nitrogens with one attached hydrogen (secondary N) is 2. The van der Waals surface area contributed by atoms with Gasteiger partial charge >= 0.3 is 0 Å². The van der Waals surface area contributed by atoms with Gasteiger partial charge in [-0.2, -0.15) is 0 Å². The van der Waals surface area contributed by atoms with Crippen molar-refractivity contribution in [3.05, 3.63) is 29.3 Å². The number of carbonyl (C=O) groups excluding carboxylic acids is 2. The summed E-state index contributed by atoms with van der Waals surface area (Å²) in [5.41, 5.74) is 2.92. The average molecular weight is 387 g/mol. The van der Waals surface area contributed by atoms with Crippen molar-refractivity contribution in [1.82, 2.24) is 5.32 Å². The fourth-order valence-electron chi connectivity index (χ4n) is 5.85. The molecule has 4 fully saturated rings. The van der Waals surface area contributed by atoms with Crippen LogP contribution in [0.5, 0.6) is 0 Å². The molecule has 5 heteroatoms. The zero-order chi connectivity index (χ0) is 19.0. The van der Waals surface area contributed by atoms with Gasteiger partial charge in [0, 0.05) is 10.4 Å². The number of aryl methyl sites for hydroxylation is 2. The zero-order valence-electron chi connectivity index (χ0n) is 16.3. The lowest BCUT2D eigenvalue weighted by molar-refractivity contribution is -0.122. The summed E-state index contributed by atoms with van der Waals surface area (Å²) in [7, 11) is 0. The Kier molecular flexibility index (Phi) is 5.23. The molecule has 146 valence electrons. The van der Waals surface area contributed by atoms with Crippen LogP contribution in [0.2, 0.25) is 0 Å². The summed E-state index contributed by atoms with van der Waals surface area (Å²) < 4.78 is 0.340. The summed E-state index contributed by atoms with van der Waals surface area (Å²) in [6.07, 6.45) is 8.15. The van der Waals surface area contributed by atoms with Crippen molar-refractivity contribution in [2.75, 3.05) is 17.6 Å². The van der Waals surface area contributed by atoms with E-state index in [1.54, 1.807) is 0 Å². The van der Waals surface area contributed by atoms with Crippen LogP contribution in [0, 0.1) is 31.6 Å². The van der Waals surface area contributed by atoms with E-state index in [1.807, 2.05) is 43.8 Å². The first-order valence-corrected chi connectivity index (χ1v) is 11.2. The molecule has 4 nitrogen and oxygen atoms in total. The van der Waals surface area contributed by atoms with Crippen molar-refractivity contribution in [3.8, 4) is 0 Å². The summed E-state index contributed by atoms with van der Waals surface area (Å²) in [6, 6.07) is 5.93. The minimum atomic E-state index is -0.166. The monoisotopic (exact) mass is 386 g/mol. The lowest BCUT2D eigenvalue weighted by Gasteiger charge is -2.56. The Hall–Kier alpha value is -1.49. The highest BCUT2D eigenvalue weighted by Crippen LogP contribution is 2.60. The standard InChI is InChI=1S/C22H30N2O2S/c1-14-4-3-5-15(2)21(14)24-19(25)12-23-20(26)13-27-22-9-16-6-17(10-22)8-18(7-16)11-22/h3-5,16-18H,6-13H2,1-2H3,(H,23,26)(H,24,25). The van der Waals surface area contributed by atoms with Crippen LogP contribution in [0.25, 0.3) is 0 Å². The average Bonchev–Trinajstić information content (AvgIpc) is 2.60. The van der Waals surface area contributed by atoms with E-state index in [0.29, 0.717) is 10.5 Å². The van der Waals surface area contributed by atoms with E-state index >= 15 is 0 Å². The molecule has 5 rings (SSSR count). The molecule has 0 aromatic heterocycles. The van der Waals surface area contributed by atoms with Crippen LogP contribution in [0.1, 0.15) is 49.7 Å². The van der Waals surface area contributed by atoms with Crippen LogP contribution in [0.3, 0.4) is 0 Å². The predicted molar refractivity (Wildman–Crippen MR) is 111 cm³/mol. The number of para-hydroxylation sites is 1. The number of rotatable bonds is 6. The van der Waals surface area contributed by atoms with Gasteiger partial charge in [-0.15, -0.1) is 11.8 Å². The fourth-order valence-corrected chi connectivity index (χ4v) is 7.45. The number of anilines is 1. The minimum absolute atomic E-state index is 0.0209. The molecule has 4 saturated carbocycles. The maximum Gasteiger partial charge on any atom is 0.243 e. The van der Waals surface area contributed by atoms with Crippen LogP contribution in [-0.2, 0) is 9.59 Å². The smallest absolute Gasteiger partial charge is 0.243 e. The van der Waals surface area contributed by atoms with Crippen molar-refractivity contribution < 1.29 is 9.59 Å². The molecule has 0 unspecified atom stereocenters. The zero-order valence-corrected chi connectivity index (χ0v) is 17.2. The summed E-state index contributed by atoms with van der Waals surface area (Å²) >= 11 is 1.86. The van der Waals surface area contributed by atoms with Crippen LogP contribution in [-0.4, -0.2) is 28.9 Å². The second-order valence-corrected chi connectivity index (χ2v) is 10.4. The number of hydrogen-bond acceptors (Lipinski definition) is 3. The highest BCUT2D eigenvalue weighted by atomic mass is 32.2. The SMILES string of the molecule is Cc1cccc(C)c1NC(=O)CNC(=O)CSC12CC3CC(CC(C3)C1)C2. The molecule has 0 aliphatic heterocycles. The number of carbonyl (C=O) groups is 2. The predicted octanol–water partition coefficient (Wildman–Crippen LogP) is 4.06. The summed E-state index contributed by atoms with van der Waals surface area (Å²) in [5.74, 6) is 2.98. The van der Waals surface area contributed by atoms with E-state index in [-0.39, 0.29) is 18.4 Å². The van der Waals surface area contributed by atoms with Crippen molar-refractivity contribution in [2.45, 2.75) is 57.1 Å². The third-order valence-electron chi connectivity index (χ3n) is 6.68. The topological polar surface area (TPSA) is 58.2 Å². The maximum atomic E-state index is 12.3. The first kappa shape index (κ1) is 18.9. The third kappa shape index (κ3) is 4.18. The summed E-state index contributed by atoms with van der Waals surface area (Å²) in [5, 5.41) is 5.73. The van der Waals surface area contributed by atoms with E-state index in [1.165, 1.54) is 38.5 Å². The Labute approximate surface area is 166 Å². The Morgan fingerprint density at radius 1 is 1.00 bits per heavy atom. The number of amides is 2. The second-order valence-electron chi connectivity index (χ2n) is 8.98. The van der Waals surface area contributed by atoms with Gasteiger partial charge in [-0.3, -0.25) is 9.59 Å².